The molecular weight excluding hydrogens is 845 g/mol. The van der Waals surface area contributed by atoms with Crippen molar-refractivity contribution in [1.82, 2.24) is 19.5 Å². The molecule has 7 heteroatoms. The molecule has 7 aromatic carbocycles. The molecule has 0 N–H and O–H groups in total. The summed E-state index contributed by atoms with van der Waals surface area (Å²) in [7, 11) is 0. The predicted molar refractivity (Wildman–Crippen MR) is 276 cm³/mol. The molecule has 0 amide bonds. The van der Waals surface area contributed by atoms with Crippen LogP contribution in [0.15, 0.2) is 167 Å². The minimum atomic E-state index is -0.609. The van der Waals surface area contributed by atoms with Gasteiger partial charge < -0.3 is 8.98 Å². The minimum absolute atomic E-state index is 0.0202. The quantitative estimate of drug-likeness (QED) is 0.162. The maximum absolute atomic E-state index is 7.18. The first-order valence-electron chi connectivity index (χ1n) is 23.0. The number of thiophene rings is 2. The van der Waals surface area contributed by atoms with E-state index in [1.54, 1.807) is 0 Å². The van der Waals surface area contributed by atoms with Gasteiger partial charge in [-0.1, -0.05) is 123 Å². The van der Waals surface area contributed by atoms with Crippen molar-refractivity contribution >= 4 is 95.9 Å². The van der Waals surface area contributed by atoms with Crippen LogP contribution in [0.5, 0.6) is 0 Å². The van der Waals surface area contributed by atoms with Crippen molar-refractivity contribution < 1.29 is 4.42 Å². The van der Waals surface area contributed by atoms with Gasteiger partial charge >= 0.3 is 0 Å². The molecule has 15 rings (SSSR count). The van der Waals surface area contributed by atoms with E-state index in [-0.39, 0.29) is 17.8 Å². The topological polar surface area (TPSA) is 56.7 Å². The van der Waals surface area contributed by atoms with Crippen LogP contribution < -0.4 is 0 Å². The Hall–Kier alpha value is -7.19. The highest BCUT2D eigenvalue weighted by Gasteiger charge is 2.47. The molecule has 5 aromatic heterocycles. The van der Waals surface area contributed by atoms with Gasteiger partial charge in [0.05, 0.1) is 22.2 Å². The van der Waals surface area contributed by atoms with Gasteiger partial charge in [-0.25, -0.2) is 15.0 Å². The van der Waals surface area contributed by atoms with Crippen LogP contribution in [-0.2, 0) is 5.41 Å². The largest absolute Gasteiger partial charge is 0.453 e. The third-order valence-electron chi connectivity index (χ3n) is 15.3. The second-order valence-corrected chi connectivity index (χ2v) is 21.1. The third-order valence-corrected chi connectivity index (χ3v) is 17.6. The van der Waals surface area contributed by atoms with E-state index in [9.17, 15) is 0 Å². The van der Waals surface area contributed by atoms with E-state index in [1.807, 2.05) is 28.7 Å². The Labute approximate surface area is 388 Å². The second kappa shape index (κ2) is 13.0. The lowest BCUT2D eigenvalue weighted by Gasteiger charge is -2.44. The summed E-state index contributed by atoms with van der Waals surface area (Å²) in [4.78, 5) is 16.1. The number of para-hydroxylation sites is 2. The Morgan fingerprint density at radius 3 is 2.05 bits per heavy atom. The fourth-order valence-corrected chi connectivity index (χ4v) is 14.6. The summed E-state index contributed by atoms with van der Waals surface area (Å²) in [5.41, 5.74) is 13.1. The molecule has 0 fully saturated rings. The van der Waals surface area contributed by atoms with Crippen LogP contribution >= 0.6 is 22.7 Å². The minimum Gasteiger partial charge on any atom is -0.453 e. The summed E-state index contributed by atoms with van der Waals surface area (Å²) in [6, 6.07) is 51.2. The average Bonchev–Trinajstić information content (AvgIpc) is 4.11. The molecule has 66 heavy (non-hydrogen) atoms. The fraction of sp³-hybridized carbons (Fsp3) is 0.136. The highest BCUT2D eigenvalue weighted by molar-refractivity contribution is 7.27. The molecule has 0 radical (unpaired) electrons. The summed E-state index contributed by atoms with van der Waals surface area (Å²) in [5, 5.41) is 8.76. The van der Waals surface area contributed by atoms with Gasteiger partial charge in [-0.05, 0) is 89.7 Å². The molecular formula is C59H40N4OS2. The van der Waals surface area contributed by atoms with E-state index in [2.05, 4.69) is 178 Å². The molecule has 0 saturated heterocycles. The van der Waals surface area contributed by atoms with Crippen LogP contribution in [0.25, 0.3) is 113 Å². The Morgan fingerprint density at radius 2 is 1.21 bits per heavy atom. The predicted octanol–water partition coefficient (Wildman–Crippen LogP) is 16.4. The molecule has 6 bridgehead atoms. The van der Waals surface area contributed by atoms with Crippen molar-refractivity contribution in [2.75, 3.05) is 0 Å². The van der Waals surface area contributed by atoms with E-state index in [4.69, 9.17) is 19.4 Å². The zero-order valence-electron chi connectivity index (χ0n) is 36.7. The summed E-state index contributed by atoms with van der Waals surface area (Å²) in [6.45, 7) is 9.55. The standard InChI is InChI=1S/C59H40N4OS2/c1-30-24-25-59(4)52-32(3)53-51(31(2)50(30)52)43-27-34(35-21-23-47-40(26-35)42-29-48-41(28-49(42)66-47)36-14-8-9-19-46(36)65-48)20-22-44(43)63(53)45-18-11-16-38-37-15-10-17-39(54(37)64-55(38)45)57-60-56(61-58(59)62-57)33-12-6-5-7-13-33/h5-32H,1-4H3. The van der Waals surface area contributed by atoms with Crippen LogP contribution in [-0.4, -0.2) is 19.5 Å². The van der Waals surface area contributed by atoms with Crippen molar-refractivity contribution in [3.05, 3.63) is 180 Å². The maximum atomic E-state index is 7.18. The number of hydrogen-bond acceptors (Lipinski definition) is 6. The van der Waals surface area contributed by atoms with Crippen molar-refractivity contribution in [3.63, 3.8) is 0 Å². The fourth-order valence-electron chi connectivity index (χ4n) is 12.3. The highest BCUT2D eigenvalue weighted by atomic mass is 32.1. The third kappa shape index (κ3) is 4.81. The Balaban J connectivity index is 1.01. The zero-order chi connectivity index (χ0) is 43.7. The number of aromatic nitrogens is 4. The van der Waals surface area contributed by atoms with E-state index in [0.717, 1.165) is 44.6 Å². The van der Waals surface area contributed by atoms with Crippen molar-refractivity contribution in [2.45, 2.75) is 44.9 Å². The molecule has 12 aromatic rings. The van der Waals surface area contributed by atoms with Gasteiger partial charge in [-0.3, -0.25) is 0 Å². The Morgan fingerprint density at radius 1 is 0.545 bits per heavy atom. The summed E-state index contributed by atoms with van der Waals surface area (Å²) in [6.07, 6.45) is 4.78. The van der Waals surface area contributed by atoms with E-state index >= 15 is 0 Å². The van der Waals surface area contributed by atoms with E-state index in [1.165, 1.54) is 84.8 Å². The Bertz CT molecular complexity index is 4200. The number of nitrogens with zero attached hydrogens (tertiary/aromatic N) is 4. The van der Waals surface area contributed by atoms with Gasteiger partial charge in [0, 0.05) is 79.6 Å². The van der Waals surface area contributed by atoms with Gasteiger partial charge in [-0.2, -0.15) is 0 Å². The van der Waals surface area contributed by atoms with Gasteiger partial charge in [0.25, 0.3) is 0 Å². The molecule has 1 aliphatic heterocycles. The molecule has 0 saturated carbocycles. The molecule has 6 heterocycles. The lowest BCUT2D eigenvalue weighted by atomic mass is 9.60. The SMILES string of the molecule is CC1C=CC2(C)C3=C1C(C)c1c(n(c4ccc(-c5ccc6sc7cc8c(cc7c6c5)sc5ccccc58)cc14)-c1cccc4c1oc1c(cccc14)-c1nc(-c4ccccc4)nc2n1)C3C. The summed E-state index contributed by atoms with van der Waals surface area (Å²) >= 11 is 3.79. The van der Waals surface area contributed by atoms with E-state index < -0.39 is 5.41 Å². The van der Waals surface area contributed by atoms with Crippen LogP contribution in [0.2, 0.25) is 0 Å². The molecule has 314 valence electrons. The molecule has 0 spiro atoms. The number of allylic oxidation sites excluding steroid dienone is 4. The summed E-state index contributed by atoms with van der Waals surface area (Å²) < 4.78 is 15.1. The average molecular weight is 885 g/mol. The lowest BCUT2D eigenvalue weighted by molar-refractivity contribution is 0.512. The normalized spacial score (nSPS) is 19.9. The first-order chi connectivity index (χ1) is 32.3. The van der Waals surface area contributed by atoms with Crippen LogP contribution in [0.3, 0.4) is 0 Å². The zero-order valence-corrected chi connectivity index (χ0v) is 38.3. The number of fused-ring (bicyclic) bond motifs is 15. The lowest BCUT2D eigenvalue weighted by Crippen LogP contribution is -2.37. The first-order valence-corrected chi connectivity index (χ1v) is 24.6. The second-order valence-electron chi connectivity index (χ2n) is 18.9. The molecule has 4 atom stereocenters. The number of rotatable bonds is 2. The molecule has 3 aliphatic rings. The Kier molecular flexibility index (Phi) is 7.30. The van der Waals surface area contributed by atoms with Crippen molar-refractivity contribution in [1.29, 1.82) is 0 Å². The molecule has 5 nitrogen and oxygen atoms in total. The van der Waals surface area contributed by atoms with Crippen LogP contribution in [0.1, 0.15) is 56.6 Å². The number of benzene rings is 7. The molecule has 2 aliphatic carbocycles. The van der Waals surface area contributed by atoms with Crippen LogP contribution in [0.4, 0.5) is 0 Å². The van der Waals surface area contributed by atoms with Crippen molar-refractivity contribution in [2.24, 2.45) is 5.92 Å². The monoisotopic (exact) mass is 884 g/mol. The van der Waals surface area contributed by atoms with Gasteiger partial charge in [0.15, 0.2) is 17.2 Å². The summed E-state index contributed by atoms with van der Waals surface area (Å²) in [5.74, 6) is 2.41. The molecule has 4 unspecified atom stereocenters. The van der Waals surface area contributed by atoms with Crippen molar-refractivity contribution in [3.8, 4) is 39.6 Å². The van der Waals surface area contributed by atoms with E-state index in [0.29, 0.717) is 11.6 Å². The number of hydrogen-bond donors (Lipinski definition) is 0. The first kappa shape index (κ1) is 37.1. The number of furan rings is 1. The highest BCUT2D eigenvalue weighted by Crippen LogP contribution is 2.58. The van der Waals surface area contributed by atoms with Gasteiger partial charge in [-0.15, -0.1) is 22.7 Å². The maximum Gasteiger partial charge on any atom is 0.167 e. The van der Waals surface area contributed by atoms with Gasteiger partial charge in [0.1, 0.15) is 11.4 Å². The smallest absolute Gasteiger partial charge is 0.167 e. The van der Waals surface area contributed by atoms with Gasteiger partial charge in [0.2, 0.25) is 0 Å². The van der Waals surface area contributed by atoms with Crippen LogP contribution in [0, 0.1) is 5.92 Å².